The minimum atomic E-state index is -0.659. The Morgan fingerprint density at radius 2 is 1.76 bits per heavy atom. The normalized spacial score (nSPS) is 24.8. The van der Waals surface area contributed by atoms with E-state index >= 15 is 0 Å². The maximum atomic E-state index is 13.3. The average molecular weight is 461 g/mol. The Labute approximate surface area is 194 Å². The van der Waals surface area contributed by atoms with E-state index in [4.69, 9.17) is 4.74 Å². The Balaban J connectivity index is 1.74. The van der Waals surface area contributed by atoms with Crippen LogP contribution in [0.5, 0.6) is 0 Å². The van der Waals surface area contributed by atoms with E-state index in [0.29, 0.717) is 45.6 Å². The van der Waals surface area contributed by atoms with E-state index in [9.17, 15) is 19.2 Å². The van der Waals surface area contributed by atoms with Gasteiger partial charge in [-0.2, -0.15) is 0 Å². The monoisotopic (exact) mass is 460 g/mol. The third kappa shape index (κ3) is 5.63. The van der Waals surface area contributed by atoms with Crippen molar-refractivity contribution in [1.29, 1.82) is 0 Å². The number of aromatic nitrogens is 1. The summed E-state index contributed by atoms with van der Waals surface area (Å²) in [6, 6.07) is 2.55. The number of rotatable bonds is 1. The lowest BCUT2D eigenvalue weighted by atomic mass is 9.73. The quantitative estimate of drug-likeness (QED) is 0.653. The molecule has 33 heavy (non-hydrogen) atoms. The summed E-state index contributed by atoms with van der Waals surface area (Å²) in [5.74, 6) is -0.682. The predicted octanol–water partition coefficient (Wildman–Crippen LogP) is 1.13. The molecule has 3 heterocycles. The highest BCUT2D eigenvalue weighted by atomic mass is 16.5. The van der Waals surface area contributed by atoms with Gasteiger partial charge in [-0.05, 0) is 58.6 Å². The molecule has 0 saturated carbocycles. The first-order valence-electron chi connectivity index (χ1n) is 11.8. The standard InChI is InChI=1S/C24H36N4O5/c1-16-15-33-14-6-5-9-24(23(32)26-18(3)20(29)25-16)10-12-28(13-11-24)22(31)19-8-7-17(2)27(4)21(19)30/h7-8,16,18H,5-6,9-15H2,1-4H3,(H,25,29)(H,26,32)/t16-,18-/m0/s1. The lowest BCUT2D eigenvalue weighted by molar-refractivity contribution is -0.137. The number of aryl methyl sites for hydroxylation is 1. The van der Waals surface area contributed by atoms with Gasteiger partial charge in [-0.25, -0.2) is 0 Å². The lowest BCUT2D eigenvalue weighted by Crippen LogP contribution is -2.55. The van der Waals surface area contributed by atoms with E-state index in [1.807, 2.05) is 13.8 Å². The fraction of sp³-hybridized carbons (Fsp3) is 0.667. The second-order valence-electron chi connectivity index (χ2n) is 9.46. The number of nitrogens with zero attached hydrogens (tertiary/aromatic N) is 2. The zero-order chi connectivity index (χ0) is 24.2. The predicted molar refractivity (Wildman–Crippen MR) is 124 cm³/mol. The highest BCUT2D eigenvalue weighted by molar-refractivity contribution is 5.94. The maximum Gasteiger partial charge on any atom is 0.263 e. The highest BCUT2D eigenvalue weighted by Crippen LogP contribution is 2.37. The Bertz CT molecular complexity index is 949. The van der Waals surface area contributed by atoms with Crippen LogP contribution in [0.25, 0.3) is 0 Å². The van der Waals surface area contributed by atoms with Crippen LogP contribution in [0.4, 0.5) is 0 Å². The minimum Gasteiger partial charge on any atom is -0.379 e. The van der Waals surface area contributed by atoms with Crippen LogP contribution in [0.15, 0.2) is 16.9 Å². The number of pyridine rings is 1. The molecule has 2 saturated heterocycles. The molecular formula is C24H36N4O5. The summed E-state index contributed by atoms with van der Waals surface area (Å²) < 4.78 is 7.14. The molecule has 0 bridgehead atoms. The summed E-state index contributed by atoms with van der Waals surface area (Å²) in [5, 5.41) is 5.77. The molecule has 182 valence electrons. The molecule has 9 nitrogen and oxygen atoms in total. The molecule has 0 aromatic carbocycles. The number of hydrogen-bond acceptors (Lipinski definition) is 5. The zero-order valence-electron chi connectivity index (χ0n) is 20.1. The van der Waals surface area contributed by atoms with Gasteiger partial charge in [-0.3, -0.25) is 19.2 Å². The molecule has 2 aliphatic heterocycles. The largest absolute Gasteiger partial charge is 0.379 e. The first-order chi connectivity index (χ1) is 15.6. The highest BCUT2D eigenvalue weighted by Gasteiger charge is 2.43. The van der Waals surface area contributed by atoms with Crippen LogP contribution in [-0.2, 0) is 21.4 Å². The smallest absolute Gasteiger partial charge is 0.263 e. The first kappa shape index (κ1) is 25.0. The summed E-state index contributed by atoms with van der Waals surface area (Å²) >= 11 is 0. The molecule has 1 spiro atoms. The second kappa shape index (κ2) is 10.5. The van der Waals surface area contributed by atoms with E-state index in [2.05, 4.69) is 10.6 Å². The summed E-state index contributed by atoms with van der Waals surface area (Å²) in [6.45, 7) is 7.16. The molecule has 0 radical (unpaired) electrons. The molecule has 2 aliphatic rings. The lowest BCUT2D eigenvalue weighted by Gasteiger charge is -2.41. The fourth-order valence-corrected chi connectivity index (χ4v) is 4.54. The van der Waals surface area contributed by atoms with Gasteiger partial charge < -0.3 is 24.8 Å². The van der Waals surface area contributed by atoms with E-state index in [1.54, 1.807) is 31.0 Å². The molecule has 3 amide bonds. The third-order valence-corrected chi connectivity index (χ3v) is 6.97. The van der Waals surface area contributed by atoms with E-state index in [1.165, 1.54) is 4.57 Å². The molecular weight excluding hydrogens is 424 g/mol. The van der Waals surface area contributed by atoms with Crippen molar-refractivity contribution in [2.24, 2.45) is 12.5 Å². The number of carbonyl (C=O) groups excluding carboxylic acids is 3. The number of amides is 3. The number of carbonyl (C=O) groups is 3. The van der Waals surface area contributed by atoms with Crippen LogP contribution in [0.1, 0.15) is 62.0 Å². The van der Waals surface area contributed by atoms with Crippen LogP contribution in [-0.4, -0.2) is 65.6 Å². The van der Waals surface area contributed by atoms with Gasteiger partial charge in [0.05, 0.1) is 12.0 Å². The van der Waals surface area contributed by atoms with Crippen molar-refractivity contribution in [2.75, 3.05) is 26.3 Å². The Kier molecular flexibility index (Phi) is 7.94. The molecule has 2 atom stereocenters. The van der Waals surface area contributed by atoms with Crippen LogP contribution in [0.3, 0.4) is 0 Å². The second-order valence-corrected chi connectivity index (χ2v) is 9.46. The number of likely N-dealkylation sites (tertiary alicyclic amines) is 1. The molecule has 9 heteroatoms. The van der Waals surface area contributed by atoms with E-state index in [-0.39, 0.29) is 34.9 Å². The molecule has 1 aromatic heterocycles. The molecule has 2 N–H and O–H groups in total. The average Bonchev–Trinajstić information content (AvgIpc) is 2.79. The number of nitrogens with one attached hydrogen (secondary N) is 2. The van der Waals surface area contributed by atoms with Gasteiger partial charge in [0.25, 0.3) is 11.5 Å². The van der Waals surface area contributed by atoms with Gasteiger partial charge in [-0.1, -0.05) is 6.42 Å². The van der Waals surface area contributed by atoms with Crippen molar-refractivity contribution in [3.8, 4) is 0 Å². The Morgan fingerprint density at radius 1 is 1.06 bits per heavy atom. The maximum absolute atomic E-state index is 13.3. The molecule has 0 aliphatic carbocycles. The minimum absolute atomic E-state index is 0.129. The van der Waals surface area contributed by atoms with Gasteiger partial charge in [0.15, 0.2) is 0 Å². The van der Waals surface area contributed by atoms with Crippen LogP contribution in [0, 0.1) is 12.3 Å². The third-order valence-electron chi connectivity index (χ3n) is 6.97. The van der Waals surface area contributed by atoms with Gasteiger partial charge in [0, 0.05) is 38.5 Å². The summed E-state index contributed by atoms with van der Waals surface area (Å²) in [7, 11) is 1.65. The molecule has 1 aromatic rings. The van der Waals surface area contributed by atoms with Crippen molar-refractivity contribution in [1.82, 2.24) is 20.1 Å². The number of piperidine rings is 1. The van der Waals surface area contributed by atoms with Gasteiger partial charge in [0.1, 0.15) is 11.6 Å². The number of hydrogen-bond donors (Lipinski definition) is 2. The van der Waals surface area contributed by atoms with Crippen LogP contribution < -0.4 is 16.2 Å². The van der Waals surface area contributed by atoms with Gasteiger partial charge in [-0.15, -0.1) is 0 Å². The molecule has 0 unspecified atom stereocenters. The van der Waals surface area contributed by atoms with Gasteiger partial charge >= 0.3 is 0 Å². The van der Waals surface area contributed by atoms with Crippen molar-refractivity contribution in [3.63, 3.8) is 0 Å². The summed E-state index contributed by atoms with van der Waals surface area (Å²) in [6.07, 6.45) is 3.29. The van der Waals surface area contributed by atoms with Crippen LogP contribution >= 0.6 is 0 Å². The summed E-state index contributed by atoms with van der Waals surface area (Å²) in [4.78, 5) is 53.1. The molecule has 2 fully saturated rings. The zero-order valence-corrected chi connectivity index (χ0v) is 20.1. The molecule has 3 rings (SSSR count). The number of ether oxygens (including phenoxy) is 1. The van der Waals surface area contributed by atoms with Crippen molar-refractivity contribution >= 4 is 17.7 Å². The van der Waals surface area contributed by atoms with Crippen molar-refractivity contribution < 1.29 is 19.1 Å². The van der Waals surface area contributed by atoms with Crippen LogP contribution in [0.2, 0.25) is 0 Å². The van der Waals surface area contributed by atoms with Crippen molar-refractivity contribution in [3.05, 3.63) is 33.7 Å². The topological polar surface area (TPSA) is 110 Å². The first-order valence-corrected chi connectivity index (χ1v) is 11.8. The van der Waals surface area contributed by atoms with Gasteiger partial charge in [0.2, 0.25) is 11.8 Å². The Morgan fingerprint density at radius 3 is 2.45 bits per heavy atom. The summed E-state index contributed by atoms with van der Waals surface area (Å²) in [5.41, 5.74) is -0.0287. The Hall–Kier alpha value is -2.68. The SMILES string of the molecule is Cc1ccc(C(=O)N2CCC3(CCCCOC[C@H](C)NC(=O)[C@H](C)NC3=O)CC2)c(=O)n1C. The fourth-order valence-electron chi connectivity index (χ4n) is 4.54. The van der Waals surface area contributed by atoms with E-state index < -0.39 is 11.5 Å². The van der Waals surface area contributed by atoms with E-state index in [0.717, 1.165) is 18.5 Å². The van der Waals surface area contributed by atoms with Crippen molar-refractivity contribution in [2.45, 2.75) is 65.0 Å².